The molecule has 20 heavy (non-hydrogen) atoms. The van der Waals surface area contributed by atoms with Crippen molar-refractivity contribution in [2.45, 2.75) is 31.6 Å². The molecule has 2 rings (SSSR count). The third kappa shape index (κ3) is 4.45. The van der Waals surface area contributed by atoms with Crippen molar-refractivity contribution in [3.05, 3.63) is 29.3 Å². The Morgan fingerprint density at radius 2 is 2.10 bits per heavy atom. The number of halogens is 1. The van der Waals surface area contributed by atoms with E-state index in [9.17, 15) is 8.42 Å². The maximum Gasteiger partial charge on any atom is 0.240 e. The molecule has 1 aliphatic heterocycles. The topological polar surface area (TPSA) is 58.2 Å². The van der Waals surface area contributed by atoms with Crippen molar-refractivity contribution in [3.63, 3.8) is 0 Å². The van der Waals surface area contributed by atoms with Crippen LogP contribution in [0.3, 0.4) is 0 Å². The average molecular weight is 319 g/mol. The minimum Gasteiger partial charge on any atom is -0.316 e. The third-order valence-corrected chi connectivity index (χ3v) is 5.16. The monoisotopic (exact) mass is 318 g/mol. The Hall–Kier alpha value is -0.620. The van der Waals surface area contributed by atoms with E-state index < -0.39 is 10.0 Å². The smallest absolute Gasteiger partial charge is 0.240 e. The molecular formula is C14H23ClN2O2S. The van der Waals surface area contributed by atoms with Gasteiger partial charge in [-0.2, -0.15) is 0 Å². The lowest BCUT2D eigenvalue weighted by Crippen LogP contribution is -2.38. The fourth-order valence-corrected chi connectivity index (χ4v) is 3.84. The van der Waals surface area contributed by atoms with Gasteiger partial charge in [0.05, 0.1) is 4.90 Å². The van der Waals surface area contributed by atoms with Crippen LogP contribution in [0, 0.1) is 19.8 Å². The SMILES string of the molecule is Cc1ccc(C)c(S(=O)(=O)NCC2CCCNC2)c1.Cl. The first-order valence-corrected chi connectivity index (χ1v) is 8.25. The summed E-state index contributed by atoms with van der Waals surface area (Å²) in [5.74, 6) is 0.397. The minimum atomic E-state index is -3.39. The average Bonchev–Trinajstić information content (AvgIpc) is 2.40. The molecule has 1 heterocycles. The molecule has 1 aromatic carbocycles. The molecule has 0 radical (unpaired) electrons. The van der Waals surface area contributed by atoms with Crippen molar-refractivity contribution in [2.24, 2.45) is 5.92 Å². The van der Waals surface area contributed by atoms with Gasteiger partial charge >= 0.3 is 0 Å². The number of sulfonamides is 1. The van der Waals surface area contributed by atoms with Crippen molar-refractivity contribution >= 4 is 22.4 Å². The van der Waals surface area contributed by atoms with Crippen LogP contribution >= 0.6 is 12.4 Å². The van der Waals surface area contributed by atoms with Crippen molar-refractivity contribution in [3.8, 4) is 0 Å². The fraction of sp³-hybridized carbons (Fsp3) is 0.571. The number of benzene rings is 1. The van der Waals surface area contributed by atoms with Gasteiger partial charge in [0.1, 0.15) is 0 Å². The van der Waals surface area contributed by atoms with Gasteiger partial charge in [-0.05, 0) is 62.9 Å². The standard InChI is InChI=1S/C14H22N2O2S.ClH/c1-11-5-6-12(2)14(8-11)19(17,18)16-10-13-4-3-7-15-9-13;/h5-6,8,13,15-16H,3-4,7,9-10H2,1-2H3;1H. The minimum absolute atomic E-state index is 0. The molecule has 1 saturated heterocycles. The first-order chi connectivity index (χ1) is 8.99. The van der Waals surface area contributed by atoms with Gasteiger partial charge in [-0.15, -0.1) is 12.4 Å². The van der Waals surface area contributed by atoms with Crippen LogP contribution in [-0.4, -0.2) is 28.1 Å². The predicted octanol–water partition coefficient (Wildman–Crippen LogP) is 2.00. The van der Waals surface area contributed by atoms with E-state index in [0.29, 0.717) is 17.4 Å². The molecule has 1 aliphatic rings. The summed E-state index contributed by atoms with van der Waals surface area (Å²) in [4.78, 5) is 0.399. The second kappa shape index (κ2) is 7.41. The van der Waals surface area contributed by atoms with Gasteiger partial charge in [0.2, 0.25) is 10.0 Å². The lowest BCUT2D eigenvalue weighted by atomic mass is 10.0. The summed E-state index contributed by atoms with van der Waals surface area (Å²) in [7, 11) is -3.39. The first kappa shape index (κ1) is 17.4. The summed E-state index contributed by atoms with van der Waals surface area (Å²) >= 11 is 0. The second-order valence-electron chi connectivity index (χ2n) is 5.33. The predicted molar refractivity (Wildman–Crippen MR) is 83.9 cm³/mol. The molecule has 1 atom stereocenters. The van der Waals surface area contributed by atoms with Crippen molar-refractivity contribution < 1.29 is 8.42 Å². The summed E-state index contributed by atoms with van der Waals surface area (Å²) in [5, 5.41) is 3.30. The molecule has 0 aromatic heterocycles. The lowest BCUT2D eigenvalue weighted by Gasteiger charge is -2.23. The first-order valence-electron chi connectivity index (χ1n) is 6.77. The summed E-state index contributed by atoms with van der Waals surface area (Å²) in [6.07, 6.45) is 2.21. The molecule has 0 bridgehead atoms. The quantitative estimate of drug-likeness (QED) is 0.893. The van der Waals surface area contributed by atoms with Crippen LogP contribution in [0.1, 0.15) is 24.0 Å². The number of hydrogen-bond donors (Lipinski definition) is 2. The van der Waals surface area contributed by atoms with Crippen LogP contribution < -0.4 is 10.0 Å². The molecule has 1 unspecified atom stereocenters. The van der Waals surface area contributed by atoms with E-state index in [1.165, 1.54) is 0 Å². The molecule has 2 N–H and O–H groups in total. The normalized spacial score (nSPS) is 19.4. The zero-order valence-electron chi connectivity index (χ0n) is 12.0. The van der Waals surface area contributed by atoms with Gasteiger partial charge < -0.3 is 5.32 Å². The molecule has 1 aromatic rings. The van der Waals surface area contributed by atoms with Crippen LogP contribution in [0.5, 0.6) is 0 Å². The second-order valence-corrected chi connectivity index (χ2v) is 7.07. The summed E-state index contributed by atoms with van der Waals surface area (Å²) in [5.41, 5.74) is 1.75. The van der Waals surface area contributed by atoms with Gasteiger partial charge in [-0.25, -0.2) is 13.1 Å². The molecular weight excluding hydrogens is 296 g/mol. The molecule has 0 aliphatic carbocycles. The van der Waals surface area contributed by atoms with E-state index in [0.717, 1.165) is 37.1 Å². The Labute approximate surface area is 127 Å². The molecule has 6 heteroatoms. The van der Waals surface area contributed by atoms with Gasteiger partial charge in [-0.3, -0.25) is 0 Å². The zero-order valence-corrected chi connectivity index (χ0v) is 13.6. The highest BCUT2D eigenvalue weighted by molar-refractivity contribution is 7.89. The number of nitrogens with one attached hydrogen (secondary N) is 2. The van der Waals surface area contributed by atoms with E-state index in [2.05, 4.69) is 10.0 Å². The molecule has 0 spiro atoms. The summed E-state index contributed by atoms with van der Waals surface area (Å²) < 4.78 is 27.4. The van der Waals surface area contributed by atoms with Crippen LogP contribution in [0.15, 0.2) is 23.1 Å². The highest BCUT2D eigenvalue weighted by Crippen LogP contribution is 2.17. The molecule has 1 fully saturated rings. The number of rotatable bonds is 4. The molecule has 4 nitrogen and oxygen atoms in total. The van der Waals surface area contributed by atoms with E-state index in [1.54, 1.807) is 6.07 Å². The van der Waals surface area contributed by atoms with Gasteiger partial charge in [0.25, 0.3) is 0 Å². The maximum absolute atomic E-state index is 12.3. The van der Waals surface area contributed by atoms with Gasteiger partial charge in [-0.1, -0.05) is 12.1 Å². The van der Waals surface area contributed by atoms with Crippen LogP contribution in [0.25, 0.3) is 0 Å². The Balaban J connectivity index is 0.00000200. The molecule has 0 saturated carbocycles. The highest BCUT2D eigenvalue weighted by Gasteiger charge is 2.20. The van der Waals surface area contributed by atoms with E-state index in [1.807, 2.05) is 26.0 Å². The van der Waals surface area contributed by atoms with Gasteiger partial charge in [0, 0.05) is 6.54 Å². The Kier molecular flexibility index (Phi) is 6.45. The number of piperidine rings is 1. The lowest BCUT2D eigenvalue weighted by molar-refractivity contribution is 0.376. The van der Waals surface area contributed by atoms with Crippen LogP contribution in [-0.2, 0) is 10.0 Å². The number of hydrogen-bond acceptors (Lipinski definition) is 3. The Bertz CT molecular complexity index is 540. The number of aryl methyl sites for hydroxylation is 2. The third-order valence-electron chi connectivity index (χ3n) is 3.59. The van der Waals surface area contributed by atoms with Crippen LogP contribution in [0.4, 0.5) is 0 Å². The largest absolute Gasteiger partial charge is 0.316 e. The van der Waals surface area contributed by atoms with E-state index in [-0.39, 0.29) is 12.4 Å². The highest BCUT2D eigenvalue weighted by atomic mass is 35.5. The van der Waals surface area contributed by atoms with Crippen molar-refractivity contribution in [1.82, 2.24) is 10.0 Å². The molecule has 0 amide bonds. The Morgan fingerprint density at radius 1 is 1.35 bits per heavy atom. The maximum atomic E-state index is 12.3. The summed E-state index contributed by atoms with van der Waals surface area (Å²) in [6, 6.07) is 5.52. The van der Waals surface area contributed by atoms with Crippen molar-refractivity contribution in [2.75, 3.05) is 19.6 Å². The van der Waals surface area contributed by atoms with Crippen molar-refractivity contribution in [1.29, 1.82) is 0 Å². The zero-order chi connectivity index (χ0) is 13.9. The van der Waals surface area contributed by atoms with E-state index in [4.69, 9.17) is 0 Å². The van der Waals surface area contributed by atoms with Crippen LogP contribution in [0.2, 0.25) is 0 Å². The van der Waals surface area contributed by atoms with E-state index >= 15 is 0 Å². The fourth-order valence-electron chi connectivity index (χ4n) is 2.40. The Morgan fingerprint density at radius 3 is 2.75 bits per heavy atom. The van der Waals surface area contributed by atoms with Gasteiger partial charge in [0.15, 0.2) is 0 Å². The molecule has 114 valence electrons. The summed E-state index contributed by atoms with van der Waals surface area (Å²) in [6.45, 7) is 6.19.